The molecule has 0 spiro atoms. The van der Waals surface area contributed by atoms with Gasteiger partial charge in [-0.3, -0.25) is 0 Å². The van der Waals surface area contributed by atoms with E-state index in [2.05, 4.69) is 80.7 Å². The second-order valence-electron chi connectivity index (χ2n) is 6.38. The summed E-state index contributed by atoms with van der Waals surface area (Å²) in [4.78, 5) is 32.0. The molecule has 0 aliphatic carbocycles. The number of hydrogen-bond acceptors (Lipinski definition) is 16. The van der Waals surface area contributed by atoms with Crippen molar-refractivity contribution in [2.24, 2.45) is 0 Å². The van der Waals surface area contributed by atoms with E-state index in [4.69, 9.17) is 0 Å². The maximum absolute atomic E-state index is 4.00. The van der Waals surface area contributed by atoms with Crippen LogP contribution in [0.15, 0.2) is 73.8 Å². The van der Waals surface area contributed by atoms with E-state index in [0.717, 1.165) is 0 Å². The van der Waals surface area contributed by atoms with E-state index in [1.807, 2.05) is 0 Å². The normalized spacial score (nSPS) is 8.56. The van der Waals surface area contributed by atoms with Crippen molar-refractivity contribution >= 4 is 0 Å². The van der Waals surface area contributed by atoms with Gasteiger partial charge in [0.15, 0.2) is 0 Å². The fraction of sp³-hybridized carbons (Fsp3) is 0. The van der Waals surface area contributed by atoms with Crippen molar-refractivity contribution < 1.29 is 63.2 Å². The molecule has 6 heterocycles. The number of aromatic nitrogens is 16. The monoisotopic (exact) mass is 1120 g/mol. The molecule has 6 rings (SSSR count). The molecule has 0 amide bonds. The fourth-order valence-corrected chi connectivity index (χ4v) is 2.47. The number of rotatable bonds is 4. The van der Waals surface area contributed by atoms with Crippen molar-refractivity contribution in [3.05, 3.63) is 104 Å². The molecule has 0 saturated carbocycles. The van der Waals surface area contributed by atoms with Gasteiger partial charge < -0.3 is 29.7 Å². The Hall–Kier alpha value is -3.74. The average molecular weight is 1120 g/mol. The van der Waals surface area contributed by atoms with Crippen molar-refractivity contribution in [2.75, 3.05) is 0 Å². The van der Waals surface area contributed by atoms with E-state index in [0.29, 0.717) is 23.3 Å². The zero-order valence-corrected chi connectivity index (χ0v) is 29.8. The van der Waals surface area contributed by atoms with Crippen LogP contribution in [0, 0.1) is 29.7 Å². The minimum atomic E-state index is 0. The third-order valence-corrected chi connectivity index (χ3v) is 4.02. The zero-order valence-electron chi connectivity index (χ0n) is 23.0. The van der Waals surface area contributed by atoms with Crippen molar-refractivity contribution in [3.63, 3.8) is 0 Å². The van der Waals surface area contributed by atoms with Gasteiger partial charge in [0.05, 0.1) is 0 Å². The van der Waals surface area contributed by atoms with Crippen LogP contribution >= 0.6 is 0 Å². The van der Waals surface area contributed by atoms with Gasteiger partial charge >= 0.3 is 42.1 Å². The van der Waals surface area contributed by atoms with E-state index in [9.17, 15) is 0 Å². The van der Waals surface area contributed by atoms with Crippen LogP contribution in [0.3, 0.4) is 0 Å². The van der Waals surface area contributed by atoms with Gasteiger partial charge in [-0.25, -0.2) is 39.9 Å². The fourth-order valence-electron chi connectivity index (χ4n) is 2.47. The average Bonchev–Trinajstić information content (AvgIpc) is 2.99. The van der Waals surface area contributed by atoms with Gasteiger partial charge in [0.25, 0.3) is 0 Å². The van der Waals surface area contributed by atoms with Crippen molar-refractivity contribution in [1.82, 2.24) is 80.7 Å². The van der Waals surface area contributed by atoms with Crippen LogP contribution in [-0.2, 0) is 63.2 Å². The summed E-state index contributed by atoms with van der Waals surface area (Å²) >= 11 is 0. The van der Waals surface area contributed by atoms with E-state index in [1.165, 1.54) is 0 Å². The van der Waals surface area contributed by atoms with Gasteiger partial charge in [-0.2, -0.15) is 0 Å². The largest absolute Gasteiger partial charge is 2.00 e. The third-order valence-electron chi connectivity index (χ3n) is 4.02. The van der Waals surface area contributed by atoms with E-state index in [1.54, 1.807) is 73.8 Å². The summed E-state index contributed by atoms with van der Waals surface area (Å²) in [6.45, 7) is 0. The first-order chi connectivity index (χ1) is 17.9. The summed E-state index contributed by atoms with van der Waals surface area (Å²) < 4.78 is 0. The predicted octanol–water partition coefficient (Wildman–Crippen LogP) is 2.15. The van der Waals surface area contributed by atoms with Crippen molar-refractivity contribution in [2.45, 2.75) is 0 Å². The molecule has 0 bridgehead atoms. The quantitative estimate of drug-likeness (QED) is 0.232. The molecular weight excluding hydrogens is 1100 g/mol. The molecule has 6 aromatic heterocycles. The van der Waals surface area contributed by atoms with Gasteiger partial charge in [0.2, 0.25) is 46.6 Å². The van der Waals surface area contributed by atoms with Crippen LogP contribution < -0.4 is 0 Å². The predicted molar refractivity (Wildman–Crippen MR) is 145 cm³/mol. The third kappa shape index (κ3) is 12.2. The van der Waals surface area contributed by atoms with Crippen molar-refractivity contribution in [1.29, 1.82) is 0 Å². The molecule has 0 atom stereocenters. The second kappa shape index (κ2) is 22.8. The molecular formula is C24H24N16Pt3. The molecule has 0 radical (unpaired) electrons. The van der Waals surface area contributed by atoms with Gasteiger partial charge in [-0.05, 0) is 24.3 Å². The first-order valence-electron chi connectivity index (χ1n) is 10.1. The zero-order chi connectivity index (χ0) is 24.4. The smallest absolute Gasteiger partial charge is 0.358 e. The Bertz CT molecular complexity index is 1270. The molecule has 43 heavy (non-hydrogen) atoms. The minimum absolute atomic E-state index is 0. The molecule has 0 fully saturated rings. The summed E-state index contributed by atoms with van der Waals surface area (Å²) in [6, 6.07) is 6.82. The topological polar surface area (TPSA) is 206 Å². The van der Waals surface area contributed by atoms with Gasteiger partial charge in [0.1, 0.15) is 0 Å². The number of nitrogens with zero attached hydrogens (tertiary/aromatic N) is 16. The Labute approximate surface area is 292 Å². The van der Waals surface area contributed by atoms with Gasteiger partial charge in [-0.15, -0.1) is 40.8 Å². The Kier molecular flexibility index (Phi) is 23.2. The minimum Gasteiger partial charge on any atom is -0.358 e. The van der Waals surface area contributed by atoms with E-state index in [-0.39, 0.29) is 116 Å². The SMILES string of the molecule is [CH3-].[CH3-].[CH3-].[CH3-].[Pt+2].[Pt+2].[Pt].c1cnc(-c2nnc(-c3ncccn3)nn2)nc1.c1cnc(-c2nnc(-c3ncccn3)nn2)nc1. The van der Waals surface area contributed by atoms with E-state index < -0.39 is 0 Å². The van der Waals surface area contributed by atoms with Crippen LogP contribution in [0.4, 0.5) is 0 Å². The summed E-state index contributed by atoms with van der Waals surface area (Å²) in [5, 5.41) is 31.2. The first kappa shape index (κ1) is 43.7. The molecule has 0 aromatic carbocycles. The van der Waals surface area contributed by atoms with Crippen LogP contribution in [0.2, 0.25) is 0 Å². The standard InChI is InChI=1S/2C10H6N8.4CH3.3Pt/c2*1-3-11-7(12-4-1)9-15-17-10(18-16-9)8-13-5-2-6-14-8;;;;;;;/h2*1-6H;4*1H3;;;/q;;4*-1;;2*+2. The molecule has 16 nitrogen and oxygen atoms in total. The molecule has 0 saturated heterocycles. The molecule has 0 aliphatic heterocycles. The van der Waals surface area contributed by atoms with Crippen LogP contribution in [-0.4, -0.2) is 80.7 Å². The first-order valence-corrected chi connectivity index (χ1v) is 10.1. The Morgan fingerprint density at radius 1 is 0.256 bits per heavy atom. The van der Waals surface area contributed by atoms with Crippen LogP contribution in [0.1, 0.15) is 0 Å². The Balaban J connectivity index is -0.000000640. The van der Waals surface area contributed by atoms with Gasteiger partial charge in [0, 0.05) is 70.6 Å². The van der Waals surface area contributed by atoms with E-state index >= 15 is 0 Å². The molecule has 19 heteroatoms. The molecule has 0 unspecified atom stereocenters. The molecule has 6 aromatic rings. The number of hydrogen-bond donors (Lipinski definition) is 0. The second-order valence-corrected chi connectivity index (χ2v) is 6.38. The Morgan fingerprint density at radius 2 is 0.395 bits per heavy atom. The summed E-state index contributed by atoms with van der Waals surface area (Å²) in [7, 11) is 0. The van der Waals surface area contributed by atoms with Crippen LogP contribution in [0.25, 0.3) is 46.6 Å². The van der Waals surface area contributed by atoms with Crippen molar-refractivity contribution in [3.8, 4) is 46.6 Å². The summed E-state index contributed by atoms with van der Waals surface area (Å²) in [5.41, 5.74) is 0. The van der Waals surface area contributed by atoms with Crippen LogP contribution in [0.5, 0.6) is 0 Å². The van der Waals surface area contributed by atoms with Gasteiger partial charge in [-0.1, -0.05) is 0 Å². The maximum Gasteiger partial charge on any atom is 2.00 e. The molecule has 230 valence electrons. The Morgan fingerprint density at radius 3 is 0.535 bits per heavy atom. The maximum atomic E-state index is 4.00. The summed E-state index contributed by atoms with van der Waals surface area (Å²) in [5.74, 6) is 2.53. The molecule has 0 aliphatic rings. The molecule has 0 N–H and O–H groups in total. The summed E-state index contributed by atoms with van der Waals surface area (Å²) in [6.07, 6.45) is 12.8.